The van der Waals surface area contributed by atoms with E-state index in [1.807, 2.05) is 0 Å². The molecule has 0 saturated heterocycles. The summed E-state index contributed by atoms with van der Waals surface area (Å²) in [5.41, 5.74) is 2.69. The minimum atomic E-state index is -0.170. The molecule has 3 nitrogen and oxygen atoms in total. The third kappa shape index (κ3) is 3.98. The van der Waals surface area contributed by atoms with E-state index in [0.29, 0.717) is 12.1 Å². The van der Waals surface area contributed by atoms with Gasteiger partial charge in [0.05, 0.1) is 6.61 Å². The molecule has 1 aliphatic heterocycles. The lowest BCUT2D eigenvalue weighted by molar-refractivity contribution is 0.155. The number of fused-ring (bicyclic) bond motifs is 1. The van der Waals surface area contributed by atoms with Gasteiger partial charge in [-0.05, 0) is 44.7 Å². The Bertz CT molecular complexity index is 460. The lowest BCUT2D eigenvalue weighted by atomic mass is 9.95. The number of rotatable bonds is 7. The monoisotopic (exact) mass is 290 g/mol. The van der Waals surface area contributed by atoms with Gasteiger partial charge < -0.3 is 15.3 Å². The molecule has 1 aliphatic rings. The third-order valence-corrected chi connectivity index (χ3v) is 4.46. The molecule has 2 atom stereocenters. The number of nitrogens with one attached hydrogen (secondary N) is 1. The second-order valence-corrected chi connectivity index (χ2v) is 7.00. The Kier molecular flexibility index (Phi) is 5.28. The van der Waals surface area contributed by atoms with E-state index in [-0.39, 0.29) is 12.1 Å². The minimum absolute atomic E-state index is 0.170. The molecular weight excluding hydrogens is 260 g/mol. The van der Waals surface area contributed by atoms with E-state index in [9.17, 15) is 5.11 Å². The number of benzene rings is 1. The molecular formula is C18H30N2O. The molecule has 0 aromatic heterocycles. The highest BCUT2D eigenvalue weighted by atomic mass is 16.3. The number of para-hydroxylation sites is 1. The first kappa shape index (κ1) is 16.3. The molecule has 1 aromatic carbocycles. The molecule has 0 radical (unpaired) electrons. The van der Waals surface area contributed by atoms with Gasteiger partial charge in [-0.15, -0.1) is 0 Å². The van der Waals surface area contributed by atoms with Crippen LogP contribution in [0.2, 0.25) is 0 Å². The highest BCUT2D eigenvalue weighted by molar-refractivity contribution is 5.59. The fourth-order valence-corrected chi connectivity index (χ4v) is 3.50. The highest BCUT2D eigenvalue weighted by Gasteiger charge is 2.27. The van der Waals surface area contributed by atoms with E-state index < -0.39 is 0 Å². The van der Waals surface area contributed by atoms with Gasteiger partial charge in [0.1, 0.15) is 0 Å². The summed E-state index contributed by atoms with van der Waals surface area (Å²) in [6.07, 6.45) is 3.24. The molecule has 118 valence electrons. The van der Waals surface area contributed by atoms with Crippen molar-refractivity contribution in [2.45, 2.75) is 64.6 Å². The van der Waals surface area contributed by atoms with Gasteiger partial charge in [0.25, 0.3) is 0 Å². The fraction of sp³-hybridized carbons (Fsp3) is 0.667. The predicted octanol–water partition coefficient (Wildman–Crippen LogP) is 2.97. The van der Waals surface area contributed by atoms with Crippen molar-refractivity contribution in [1.29, 1.82) is 0 Å². The molecule has 1 heterocycles. The van der Waals surface area contributed by atoms with Crippen LogP contribution in [-0.4, -0.2) is 35.9 Å². The molecule has 0 amide bonds. The van der Waals surface area contributed by atoms with Crippen LogP contribution in [0.25, 0.3) is 0 Å². The summed E-state index contributed by atoms with van der Waals surface area (Å²) in [6.45, 7) is 9.94. The van der Waals surface area contributed by atoms with Gasteiger partial charge in [0.2, 0.25) is 0 Å². The van der Waals surface area contributed by atoms with E-state index in [1.165, 1.54) is 11.3 Å². The molecule has 2 rings (SSSR count). The van der Waals surface area contributed by atoms with Crippen molar-refractivity contribution in [2.24, 2.45) is 0 Å². The van der Waals surface area contributed by atoms with Crippen LogP contribution in [0.3, 0.4) is 0 Å². The van der Waals surface area contributed by atoms with Crippen molar-refractivity contribution in [3.63, 3.8) is 0 Å². The maximum atomic E-state index is 9.66. The van der Waals surface area contributed by atoms with Gasteiger partial charge in [-0.25, -0.2) is 0 Å². The Morgan fingerprint density at radius 2 is 2.10 bits per heavy atom. The molecule has 3 heteroatoms. The van der Waals surface area contributed by atoms with Gasteiger partial charge in [-0.1, -0.05) is 32.0 Å². The number of nitrogens with zero attached hydrogens (tertiary/aromatic N) is 1. The lowest BCUT2D eigenvalue weighted by Crippen LogP contribution is -2.49. The van der Waals surface area contributed by atoms with Gasteiger partial charge in [0, 0.05) is 29.9 Å². The normalized spacial score (nSPS) is 20.7. The molecule has 0 bridgehead atoms. The fourth-order valence-electron chi connectivity index (χ4n) is 3.50. The van der Waals surface area contributed by atoms with Crippen molar-refractivity contribution in [3.05, 3.63) is 29.8 Å². The first-order valence-electron chi connectivity index (χ1n) is 8.18. The van der Waals surface area contributed by atoms with E-state index in [2.05, 4.69) is 62.2 Å². The Morgan fingerprint density at radius 3 is 2.76 bits per heavy atom. The van der Waals surface area contributed by atoms with Crippen molar-refractivity contribution in [3.8, 4) is 0 Å². The first-order chi connectivity index (χ1) is 9.95. The maximum absolute atomic E-state index is 9.66. The smallest absolute Gasteiger partial charge is 0.0610 e. The Labute approximate surface area is 129 Å². The zero-order valence-electron chi connectivity index (χ0n) is 13.9. The van der Waals surface area contributed by atoms with Crippen molar-refractivity contribution in [1.82, 2.24) is 5.32 Å². The van der Waals surface area contributed by atoms with E-state index in [4.69, 9.17) is 0 Å². The van der Waals surface area contributed by atoms with Crippen LogP contribution in [0.1, 0.15) is 46.1 Å². The summed E-state index contributed by atoms with van der Waals surface area (Å²) in [5.74, 6) is 0. The van der Waals surface area contributed by atoms with Crippen molar-refractivity contribution < 1.29 is 5.11 Å². The summed E-state index contributed by atoms with van der Waals surface area (Å²) >= 11 is 0. The molecule has 0 aliphatic carbocycles. The average molecular weight is 290 g/mol. The minimum Gasteiger partial charge on any atom is -0.394 e. The number of anilines is 1. The summed E-state index contributed by atoms with van der Waals surface area (Å²) in [5, 5.41) is 13.2. The maximum Gasteiger partial charge on any atom is 0.0610 e. The summed E-state index contributed by atoms with van der Waals surface area (Å²) in [7, 11) is 0. The molecule has 21 heavy (non-hydrogen) atoms. The summed E-state index contributed by atoms with van der Waals surface area (Å²) in [6, 6.07) is 9.71. The van der Waals surface area contributed by atoms with Crippen molar-refractivity contribution in [2.75, 3.05) is 18.1 Å². The molecule has 2 N–H and O–H groups in total. The van der Waals surface area contributed by atoms with Crippen LogP contribution in [0.15, 0.2) is 24.3 Å². The van der Waals surface area contributed by atoms with Crippen molar-refractivity contribution >= 4 is 5.69 Å². The Morgan fingerprint density at radius 1 is 1.38 bits per heavy atom. The van der Waals surface area contributed by atoms with E-state index in [0.717, 1.165) is 25.8 Å². The second kappa shape index (κ2) is 6.80. The number of aliphatic hydroxyl groups is 1. The summed E-state index contributed by atoms with van der Waals surface area (Å²) in [4.78, 5) is 2.52. The largest absolute Gasteiger partial charge is 0.394 e. The van der Waals surface area contributed by atoms with Crippen LogP contribution in [0.4, 0.5) is 5.69 Å². The van der Waals surface area contributed by atoms with E-state index in [1.54, 1.807) is 0 Å². The molecule has 0 spiro atoms. The average Bonchev–Trinajstić information content (AvgIpc) is 2.74. The van der Waals surface area contributed by atoms with Gasteiger partial charge in [0.15, 0.2) is 0 Å². The second-order valence-electron chi connectivity index (χ2n) is 7.00. The highest BCUT2D eigenvalue weighted by Crippen LogP contribution is 2.32. The third-order valence-electron chi connectivity index (χ3n) is 4.46. The molecule has 0 fully saturated rings. The Balaban J connectivity index is 1.91. The van der Waals surface area contributed by atoms with Crippen LogP contribution >= 0.6 is 0 Å². The quantitative estimate of drug-likeness (QED) is 0.810. The standard InChI is InChI=1S/C18H30N2O/c1-14(2)19-18(4,13-21)10-7-11-20-15(3)12-16-8-5-6-9-17(16)20/h5-6,8-9,14-15,19,21H,7,10-13H2,1-4H3. The molecule has 0 saturated carbocycles. The zero-order valence-corrected chi connectivity index (χ0v) is 13.9. The van der Waals surface area contributed by atoms with Gasteiger partial charge in [-0.3, -0.25) is 0 Å². The van der Waals surface area contributed by atoms with E-state index >= 15 is 0 Å². The van der Waals surface area contributed by atoms with Gasteiger partial charge >= 0.3 is 0 Å². The number of aliphatic hydroxyl groups excluding tert-OH is 1. The molecule has 1 aromatic rings. The Hall–Kier alpha value is -1.06. The predicted molar refractivity (Wildman–Crippen MR) is 90.0 cm³/mol. The number of hydrogen-bond acceptors (Lipinski definition) is 3. The van der Waals surface area contributed by atoms with Crippen LogP contribution < -0.4 is 10.2 Å². The van der Waals surface area contributed by atoms with Crippen LogP contribution in [0, 0.1) is 0 Å². The SMILES string of the molecule is CC(C)NC(C)(CO)CCCN1c2ccccc2CC1C. The topological polar surface area (TPSA) is 35.5 Å². The lowest BCUT2D eigenvalue weighted by Gasteiger charge is -2.33. The number of hydrogen-bond donors (Lipinski definition) is 2. The molecule has 2 unspecified atom stereocenters. The summed E-state index contributed by atoms with van der Waals surface area (Å²) < 4.78 is 0. The zero-order chi connectivity index (χ0) is 15.5. The first-order valence-corrected chi connectivity index (χ1v) is 8.18. The van der Waals surface area contributed by atoms with Crippen LogP contribution in [0.5, 0.6) is 0 Å². The van der Waals surface area contributed by atoms with Gasteiger partial charge in [-0.2, -0.15) is 0 Å². The van der Waals surface area contributed by atoms with Crippen LogP contribution in [-0.2, 0) is 6.42 Å².